The van der Waals surface area contributed by atoms with Crippen LogP contribution in [0.3, 0.4) is 0 Å². The Morgan fingerprint density at radius 1 is 0.750 bits per heavy atom. The van der Waals surface area contributed by atoms with Gasteiger partial charge in [-0.25, -0.2) is 0 Å². The van der Waals surface area contributed by atoms with Crippen molar-refractivity contribution in [3.63, 3.8) is 0 Å². The Morgan fingerprint density at radius 3 is 2.20 bits per heavy atom. The van der Waals surface area contributed by atoms with Crippen LogP contribution in [0.15, 0.2) is 72.9 Å². The van der Waals surface area contributed by atoms with Gasteiger partial charge in [-0.15, -0.1) is 0 Å². The number of allylic oxidation sites excluding steroid dienone is 7. The first kappa shape index (κ1) is 16.2. The molecule has 0 atom stereocenters. The molecule has 0 saturated heterocycles. The van der Waals surface area contributed by atoms with Crippen LogP contribution in [-0.4, -0.2) is 11.7 Å². The first-order chi connectivity index (χ1) is 9.93. The topological polar surface area (TPSA) is 20.2 Å². The summed E-state index contributed by atoms with van der Waals surface area (Å²) in [5.74, 6) is 0. The summed E-state index contributed by atoms with van der Waals surface area (Å²) in [5, 5.41) is 8.64. The Hall–Kier alpha value is -1.86. The summed E-state index contributed by atoms with van der Waals surface area (Å²) < 4.78 is 0. The minimum atomic E-state index is 0.310. The predicted octanol–water partition coefficient (Wildman–Crippen LogP) is 4.92. The second-order valence-corrected chi connectivity index (χ2v) is 4.54. The molecule has 0 heterocycles. The lowest BCUT2D eigenvalue weighted by atomic mass is 10.2. The maximum absolute atomic E-state index is 8.64. The van der Waals surface area contributed by atoms with E-state index in [0.29, 0.717) is 6.61 Å². The van der Waals surface area contributed by atoms with Crippen molar-refractivity contribution in [3.8, 4) is 0 Å². The van der Waals surface area contributed by atoms with E-state index in [1.54, 1.807) is 0 Å². The first-order valence-corrected chi connectivity index (χ1v) is 7.26. The molecule has 1 aromatic rings. The molecular weight excluding hydrogens is 244 g/mol. The lowest BCUT2D eigenvalue weighted by molar-refractivity contribution is 0.283. The molecule has 0 aromatic heterocycles. The van der Waals surface area contributed by atoms with Gasteiger partial charge in [0.05, 0.1) is 0 Å². The average molecular weight is 268 g/mol. The van der Waals surface area contributed by atoms with Gasteiger partial charge in [0.15, 0.2) is 0 Å². The van der Waals surface area contributed by atoms with Crippen LogP contribution in [0, 0.1) is 0 Å². The van der Waals surface area contributed by atoms with Crippen molar-refractivity contribution in [1.82, 2.24) is 0 Å². The van der Waals surface area contributed by atoms with Crippen LogP contribution < -0.4 is 0 Å². The zero-order valence-electron chi connectivity index (χ0n) is 12.0. The number of aliphatic hydroxyl groups is 1. The Balaban J connectivity index is 2.13. The molecule has 106 valence electrons. The molecule has 1 nitrogen and oxygen atoms in total. The van der Waals surface area contributed by atoms with Gasteiger partial charge in [-0.3, -0.25) is 0 Å². The third-order valence-corrected chi connectivity index (χ3v) is 2.81. The Kier molecular flexibility index (Phi) is 9.87. The molecule has 0 aliphatic rings. The van der Waals surface area contributed by atoms with Crippen LogP contribution in [0.1, 0.15) is 31.2 Å². The Labute approximate surface area is 122 Å². The minimum absolute atomic E-state index is 0.310. The molecule has 0 unspecified atom stereocenters. The third-order valence-electron chi connectivity index (χ3n) is 2.81. The summed E-state index contributed by atoms with van der Waals surface area (Å²) in [5.41, 5.74) is 1.21. The fourth-order valence-corrected chi connectivity index (χ4v) is 1.71. The van der Waals surface area contributed by atoms with Gasteiger partial charge in [-0.05, 0) is 24.8 Å². The fourth-order valence-electron chi connectivity index (χ4n) is 1.71. The highest BCUT2D eigenvalue weighted by Gasteiger charge is 1.83. The van der Waals surface area contributed by atoms with Crippen molar-refractivity contribution in [1.29, 1.82) is 0 Å². The van der Waals surface area contributed by atoms with Crippen LogP contribution in [0.25, 0.3) is 6.08 Å². The summed E-state index contributed by atoms with van der Waals surface area (Å²) in [6.07, 6.45) is 20.7. The highest BCUT2D eigenvalue weighted by atomic mass is 16.2. The minimum Gasteiger partial charge on any atom is -0.396 e. The van der Waals surface area contributed by atoms with Gasteiger partial charge in [0.1, 0.15) is 0 Å². The number of aliphatic hydroxyl groups excluding tert-OH is 1. The number of rotatable bonds is 9. The smallest absolute Gasteiger partial charge is 0.0431 e. The van der Waals surface area contributed by atoms with E-state index in [0.717, 1.165) is 25.7 Å². The fraction of sp³-hybridized carbons (Fsp3) is 0.263. The molecule has 0 radical (unpaired) electrons. The standard InChI is InChI=1S/C19H24O/c20-18-14-9-7-5-3-1-2-4-6-8-11-15-19-16-12-10-13-17-19/h1-4,6,8,10-13,15-17,20H,5,7,9,14,18H2/b3-1-,4-2-,8-6+,15-11+. The van der Waals surface area contributed by atoms with E-state index in [1.165, 1.54) is 5.56 Å². The third kappa shape index (κ3) is 9.12. The van der Waals surface area contributed by atoms with Crippen LogP contribution in [0.4, 0.5) is 0 Å². The van der Waals surface area contributed by atoms with Crippen molar-refractivity contribution in [3.05, 3.63) is 78.4 Å². The molecule has 1 N–H and O–H groups in total. The van der Waals surface area contributed by atoms with Crippen molar-refractivity contribution < 1.29 is 5.11 Å². The largest absolute Gasteiger partial charge is 0.396 e. The lowest BCUT2D eigenvalue weighted by Crippen LogP contribution is -1.81. The first-order valence-electron chi connectivity index (χ1n) is 7.26. The van der Waals surface area contributed by atoms with Gasteiger partial charge >= 0.3 is 0 Å². The highest BCUT2D eigenvalue weighted by Crippen LogP contribution is 2.01. The van der Waals surface area contributed by atoms with Crippen LogP contribution in [0.2, 0.25) is 0 Å². The van der Waals surface area contributed by atoms with Gasteiger partial charge < -0.3 is 5.11 Å². The number of unbranched alkanes of at least 4 members (excludes halogenated alkanes) is 3. The summed E-state index contributed by atoms with van der Waals surface area (Å²) >= 11 is 0. The van der Waals surface area contributed by atoms with E-state index in [1.807, 2.05) is 48.6 Å². The van der Waals surface area contributed by atoms with Crippen LogP contribution in [-0.2, 0) is 0 Å². The van der Waals surface area contributed by atoms with Gasteiger partial charge in [-0.1, -0.05) is 85.4 Å². The van der Waals surface area contributed by atoms with Crippen LogP contribution in [0.5, 0.6) is 0 Å². The number of hydrogen-bond acceptors (Lipinski definition) is 1. The molecule has 20 heavy (non-hydrogen) atoms. The molecular formula is C19H24O. The zero-order chi connectivity index (χ0) is 14.3. The molecule has 0 aliphatic heterocycles. The molecule has 1 aromatic carbocycles. The quantitative estimate of drug-likeness (QED) is 0.498. The molecule has 0 bridgehead atoms. The van der Waals surface area contributed by atoms with E-state index in [9.17, 15) is 0 Å². The van der Waals surface area contributed by atoms with Gasteiger partial charge in [0, 0.05) is 6.61 Å². The second-order valence-electron chi connectivity index (χ2n) is 4.54. The van der Waals surface area contributed by atoms with Crippen molar-refractivity contribution >= 4 is 6.08 Å². The molecule has 0 amide bonds. The van der Waals surface area contributed by atoms with Crippen molar-refractivity contribution in [2.24, 2.45) is 0 Å². The van der Waals surface area contributed by atoms with E-state index in [2.05, 4.69) is 30.4 Å². The van der Waals surface area contributed by atoms with E-state index in [4.69, 9.17) is 5.11 Å². The van der Waals surface area contributed by atoms with E-state index < -0.39 is 0 Å². The van der Waals surface area contributed by atoms with Crippen molar-refractivity contribution in [2.75, 3.05) is 6.61 Å². The lowest BCUT2D eigenvalue weighted by Gasteiger charge is -1.92. The van der Waals surface area contributed by atoms with Gasteiger partial charge in [0.25, 0.3) is 0 Å². The second kappa shape index (κ2) is 12.2. The summed E-state index contributed by atoms with van der Waals surface area (Å²) in [7, 11) is 0. The van der Waals surface area contributed by atoms with E-state index in [-0.39, 0.29) is 0 Å². The number of hydrogen-bond donors (Lipinski definition) is 1. The van der Waals surface area contributed by atoms with Gasteiger partial charge in [-0.2, -0.15) is 0 Å². The zero-order valence-corrected chi connectivity index (χ0v) is 12.0. The normalized spacial score (nSPS) is 12.4. The summed E-state index contributed by atoms with van der Waals surface area (Å²) in [4.78, 5) is 0. The molecule has 1 heteroatoms. The SMILES string of the molecule is OCCCCC\C=C/C=C\C=C\C=C\c1ccccc1. The molecule has 0 fully saturated rings. The monoisotopic (exact) mass is 268 g/mol. The Bertz CT molecular complexity index is 438. The van der Waals surface area contributed by atoms with E-state index >= 15 is 0 Å². The average Bonchev–Trinajstić information content (AvgIpc) is 2.49. The summed E-state index contributed by atoms with van der Waals surface area (Å²) in [6.45, 7) is 0.310. The van der Waals surface area contributed by atoms with Crippen molar-refractivity contribution in [2.45, 2.75) is 25.7 Å². The number of benzene rings is 1. The molecule has 1 rings (SSSR count). The maximum atomic E-state index is 8.64. The van der Waals surface area contributed by atoms with Gasteiger partial charge in [0.2, 0.25) is 0 Å². The summed E-state index contributed by atoms with van der Waals surface area (Å²) in [6, 6.07) is 10.3. The maximum Gasteiger partial charge on any atom is 0.0431 e. The predicted molar refractivity (Wildman–Crippen MR) is 88.4 cm³/mol. The molecule has 0 saturated carbocycles. The highest BCUT2D eigenvalue weighted by molar-refractivity contribution is 5.50. The Morgan fingerprint density at radius 2 is 1.45 bits per heavy atom. The molecule has 0 aliphatic carbocycles. The van der Waals surface area contributed by atoms with Crippen LogP contribution >= 0.6 is 0 Å². The molecule has 0 spiro atoms.